The van der Waals surface area contributed by atoms with E-state index in [0.717, 1.165) is 48.2 Å². The lowest BCUT2D eigenvalue weighted by atomic mass is 9.64. The van der Waals surface area contributed by atoms with Crippen LogP contribution in [-0.4, -0.2) is 102 Å². The zero-order valence-corrected chi connectivity index (χ0v) is 85.4. The molecule has 588 valence electrons. The van der Waals surface area contributed by atoms with Crippen LogP contribution < -0.4 is 0 Å². The Labute approximate surface area is 735 Å². The van der Waals surface area contributed by atoms with Crippen molar-refractivity contribution >= 4 is 284 Å². The summed E-state index contributed by atoms with van der Waals surface area (Å²) in [5.74, 6) is 0.944. The zero-order chi connectivity index (χ0) is 75.2. The molecular weight excluding hydrogens is 1820 g/mol. The third-order valence-electron chi connectivity index (χ3n) is 12.9. The fourth-order valence-electron chi connectivity index (χ4n) is 10.7. The molecule has 7 atom stereocenters. The van der Waals surface area contributed by atoms with Crippen LogP contribution in [0.15, 0.2) is 91.1 Å². The van der Waals surface area contributed by atoms with Gasteiger partial charge in [0, 0.05) is 68.0 Å². The molecule has 1 heterocycles. The molecule has 1 aliphatic rings. The molecule has 0 saturated carbocycles. The maximum atomic E-state index is 4.86. The molecule has 23 heteroatoms. The van der Waals surface area contributed by atoms with Gasteiger partial charge in [-0.05, 0) is 154 Å². The number of halogens is 2. The van der Waals surface area contributed by atoms with E-state index >= 15 is 0 Å². The molecule has 1 fully saturated rings. The van der Waals surface area contributed by atoms with E-state index in [-0.39, 0.29) is 54.8 Å². The molecule has 1 unspecified atom stereocenters. The molecule has 0 amide bonds. The highest BCUT2D eigenvalue weighted by Crippen LogP contribution is 2.49. The Kier molecular flexibility index (Phi) is 89.4. The van der Waals surface area contributed by atoms with Gasteiger partial charge in [0.2, 0.25) is 0 Å². The summed E-state index contributed by atoms with van der Waals surface area (Å²) in [5, 5.41) is 10.2. The van der Waals surface area contributed by atoms with Crippen LogP contribution in [0.25, 0.3) is 0 Å². The minimum Gasteiger partial charge on any atom is -0.180 e. The van der Waals surface area contributed by atoms with Gasteiger partial charge in [0.05, 0.1) is 7.83 Å². The summed E-state index contributed by atoms with van der Waals surface area (Å²) in [6.07, 6.45) is 11.6. The van der Waals surface area contributed by atoms with E-state index < -0.39 is 0 Å². The molecule has 2 aromatic carbocycles. The molecular formula is C76H148BI2PS19. The summed E-state index contributed by atoms with van der Waals surface area (Å²) in [5.41, 5.74) is 8.98. The van der Waals surface area contributed by atoms with Crippen LogP contribution in [0.3, 0.4) is 0 Å². The molecule has 0 bridgehead atoms. The van der Waals surface area contributed by atoms with Gasteiger partial charge < -0.3 is 0 Å². The fraction of sp³-hybridized carbons (Fsp3) is 0.763. The van der Waals surface area contributed by atoms with E-state index in [2.05, 4.69) is 443 Å². The van der Waals surface area contributed by atoms with Crippen molar-refractivity contribution in [2.45, 2.75) is 273 Å². The van der Waals surface area contributed by atoms with Crippen molar-refractivity contribution in [1.29, 1.82) is 0 Å². The molecule has 0 aliphatic carbocycles. The molecule has 3 rings (SSSR count). The van der Waals surface area contributed by atoms with Gasteiger partial charge >= 0.3 is 0 Å². The maximum Gasteiger partial charge on any atom is 0.118 e. The fourth-order valence-corrected chi connectivity index (χ4v) is 36.3. The van der Waals surface area contributed by atoms with Crippen molar-refractivity contribution < 1.29 is 0 Å². The Morgan fingerprint density at radius 1 is 0.485 bits per heavy atom. The second-order valence-electron chi connectivity index (χ2n) is 27.3. The molecule has 0 N–H and O–H groups in total. The van der Waals surface area contributed by atoms with Gasteiger partial charge in [0.25, 0.3) is 0 Å². The Balaban J connectivity index is -0.000000211. The predicted octanol–water partition coefficient (Wildman–Crippen LogP) is 34.6. The number of allylic oxidation sites excluding steroid dienone is 3. The van der Waals surface area contributed by atoms with E-state index in [1.807, 2.05) is 80.7 Å². The Morgan fingerprint density at radius 2 is 0.646 bits per heavy atom. The van der Waals surface area contributed by atoms with Gasteiger partial charge in [-0.2, -0.15) is 61.4 Å². The number of hydrogen-bond acceptors (Lipinski definition) is 19. The highest BCUT2D eigenvalue weighted by molar-refractivity contribution is 14.2. The molecule has 2 aromatic rings. The van der Waals surface area contributed by atoms with Gasteiger partial charge in [-0.1, -0.05) is 256 Å². The lowest BCUT2D eigenvalue weighted by molar-refractivity contribution is 0.246. The van der Waals surface area contributed by atoms with Crippen molar-refractivity contribution in [1.82, 2.24) is 0 Å². The molecule has 0 spiro atoms. The third kappa shape index (κ3) is 76.7. The van der Waals surface area contributed by atoms with Crippen molar-refractivity contribution in [3.05, 3.63) is 108 Å². The average molecular weight is 1970 g/mol. The molecule has 0 aromatic heterocycles. The number of alkyl halides is 1. The van der Waals surface area contributed by atoms with Gasteiger partial charge in [-0.3, -0.25) is 0 Å². The van der Waals surface area contributed by atoms with E-state index in [1.165, 1.54) is 74.1 Å². The molecule has 99 heavy (non-hydrogen) atoms. The zero-order valence-electron chi connectivity index (χ0n) is 64.4. The van der Waals surface area contributed by atoms with Crippen LogP contribution in [0.5, 0.6) is 0 Å². The quantitative estimate of drug-likeness (QED) is 0.0206. The molecule has 1 saturated heterocycles. The van der Waals surface area contributed by atoms with Crippen LogP contribution in [-0.2, 0) is 16.2 Å². The second-order valence-corrected chi connectivity index (χ2v) is 58.5. The molecule has 1 aliphatic heterocycles. The maximum absolute atomic E-state index is 4.86. The number of hydrogen-bond donors (Lipinski definition) is 3. The van der Waals surface area contributed by atoms with E-state index in [0.29, 0.717) is 37.3 Å². The van der Waals surface area contributed by atoms with Crippen molar-refractivity contribution in [2.24, 2.45) is 16.2 Å². The minimum absolute atomic E-state index is 0. The average Bonchev–Trinajstić information content (AvgIpc) is 0.768. The highest BCUT2D eigenvalue weighted by Gasteiger charge is 2.37. The lowest BCUT2D eigenvalue weighted by Gasteiger charge is -2.41. The largest absolute Gasteiger partial charge is 0.180 e. The van der Waals surface area contributed by atoms with Crippen molar-refractivity contribution in [3.8, 4) is 0 Å². The topological polar surface area (TPSA) is 0 Å². The van der Waals surface area contributed by atoms with Gasteiger partial charge in [-0.25, -0.2) is 0 Å². The van der Waals surface area contributed by atoms with Gasteiger partial charge in [0.1, 0.15) is 7.57 Å². The number of thioether (sulfide) groups is 16. The van der Waals surface area contributed by atoms with E-state index in [1.54, 1.807) is 0 Å². The Morgan fingerprint density at radius 3 is 0.808 bits per heavy atom. The number of thiol groups is 3. The van der Waals surface area contributed by atoms with Crippen molar-refractivity contribution in [3.63, 3.8) is 0 Å². The second kappa shape index (κ2) is 73.2. The monoisotopic (exact) mass is 1960 g/mol. The van der Waals surface area contributed by atoms with Crippen molar-refractivity contribution in [2.75, 3.05) is 64.0 Å². The van der Waals surface area contributed by atoms with Crippen LogP contribution in [0.2, 0.25) is 0 Å². The first-order valence-electron chi connectivity index (χ1n) is 32.8. The number of rotatable bonds is 21. The highest BCUT2D eigenvalue weighted by atomic mass is 127. The SMILES string of the molecule is C.C.C.C=C(C)CC(C)(C)CC(C)(C)c1cc(C(C)(C)CC(C)(C)CC(=C)C)cc(C(C)(C)CC(C)(C)CC(=C)C)c1.CC.CC(C)I.CCS.CSCS[C@@H]1SCS[C@H](C)SCS[C@H](C)SCS[C@H](C)SCS[C@H](C)SCS[C@H](SCSC)SCS1.SCS.[B]PI.c1ccccc1. The third-order valence-corrected chi connectivity index (χ3v) is 36.0. The Hall–Kier alpha value is 6.26. The predicted molar refractivity (Wildman–Crippen MR) is 554 cm³/mol. The smallest absolute Gasteiger partial charge is 0.118 e. The first-order chi connectivity index (χ1) is 44.6. The van der Waals surface area contributed by atoms with Crippen LogP contribution >= 0.6 is 277 Å². The minimum atomic E-state index is 0. The summed E-state index contributed by atoms with van der Waals surface area (Å²) < 4.78 is 4.80. The summed E-state index contributed by atoms with van der Waals surface area (Å²) >= 11 is 49.3. The van der Waals surface area contributed by atoms with E-state index in [4.69, 9.17) is 7.57 Å². The standard InChI is InChI=1S/C39H66.C20H40S16.C6H6.C3H7I.C2H6S.C2H6.CH4S2.3CH4.BHIP/c1-28(2)22-34(7,8)25-37(13,14)31-19-32(38(15,16)26-35(9,10)23-29(3)4)21-33(20-31)39(17,18)27-36(11,12)24-30(5)6;1-15-23-9-24-16(2)26-11-28-18(4)30-13-34-20(32-8-22-6)36-14-35-19(31-7-21-5)33-12-29-17(3)27-10-25-15;1-2-4-6-5-3-1;1-3(2)4;1-2-3;1-2;2-1-3;;;;1-3-2/h19-21H,1,3,5,22-27H2,2,4,6-18H3;15-20H,7-14H2,1-6H3;1-6H;3H,1-2H3;3H,2H2,1H3;1-2H3;2-3H,1H2;3*1H4;3H/t;15-,16+,17-,18+,19-,20+;;;;;;;;;. The summed E-state index contributed by atoms with van der Waals surface area (Å²) in [4.78, 5) is 0. The molecule has 2 radical (unpaired) electrons. The Bertz CT molecular complexity index is 1940. The first-order valence-corrected chi connectivity index (χ1v) is 57.6. The summed E-state index contributed by atoms with van der Waals surface area (Å²) in [7, 11) is 4.86. The lowest BCUT2D eigenvalue weighted by Crippen LogP contribution is -2.32. The van der Waals surface area contributed by atoms with Crippen LogP contribution in [0, 0.1) is 16.2 Å². The summed E-state index contributed by atoms with van der Waals surface area (Å²) in [6, 6.07) is 19.6. The van der Waals surface area contributed by atoms with Crippen LogP contribution in [0.1, 0.15) is 244 Å². The number of benzene rings is 2. The van der Waals surface area contributed by atoms with Gasteiger partial charge in [-0.15, -0.1) is 191 Å². The first kappa shape index (κ1) is 121. The summed E-state index contributed by atoms with van der Waals surface area (Å²) in [6.45, 7) is 68.2. The molecule has 0 nitrogen and oxygen atoms in total. The normalized spacial score (nSPS) is 18.9. The van der Waals surface area contributed by atoms with E-state index in [9.17, 15) is 0 Å². The van der Waals surface area contributed by atoms with Gasteiger partial charge in [0.15, 0.2) is 0 Å². The van der Waals surface area contributed by atoms with Crippen LogP contribution in [0.4, 0.5) is 0 Å².